The Morgan fingerprint density at radius 2 is 2.30 bits per heavy atom. The van der Waals surface area contributed by atoms with Crippen LogP contribution in [0.2, 0.25) is 4.47 Å². The zero-order valence-electron chi connectivity index (χ0n) is 12.7. The summed E-state index contributed by atoms with van der Waals surface area (Å²) in [6.07, 6.45) is 3.20. The predicted molar refractivity (Wildman–Crippen MR) is 87.9 cm³/mol. The molecule has 122 valence electrons. The smallest absolute Gasteiger partial charge is 0.263 e. The van der Waals surface area contributed by atoms with Gasteiger partial charge >= 0.3 is 0 Å². The molecule has 0 aliphatic carbocycles. The third-order valence-corrected chi connectivity index (χ3v) is 4.96. The van der Waals surface area contributed by atoms with Crippen LogP contribution in [-0.2, 0) is 11.8 Å². The van der Waals surface area contributed by atoms with Crippen LogP contribution in [0.25, 0.3) is 0 Å². The van der Waals surface area contributed by atoms with E-state index in [2.05, 4.69) is 15.4 Å². The van der Waals surface area contributed by atoms with Gasteiger partial charge in [0.05, 0.1) is 5.69 Å². The molecular formula is C14H16ClN5O2S. The lowest BCUT2D eigenvalue weighted by molar-refractivity contribution is -0.121. The van der Waals surface area contributed by atoms with Crippen LogP contribution in [0.3, 0.4) is 0 Å². The Morgan fingerprint density at radius 1 is 1.52 bits per heavy atom. The fourth-order valence-electron chi connectivity index (χ4n) is 2.58. The van der Waals surface area contributed by atoms with Crippen molar-refractivity contribution >= 4 is 40.6 Å². The van der Waals surface area contributed by atoms with Gasteiger partial charge in [-0.3, -0.25) is 19.2 Å². The van der Waals surface area contributed by atoms with Gasteiger partial charge in [-0.25, -0.2) is 4.98 Å². The quantitative estimate of drug-likeness (QED) is 0.911. The average molecular weight is 354 g/mol. The fraction of sp³-hybridized carbons (Fsp3) is 0.429. The molecule has 0 bridgehead atoms. The zero-order chi connectivity index (χ0) is 16.6. The highest BCUT2D eigenvalue weighted by molar-refractivity contribution is 7.17. The van der Waals surface area contributed by atoms with Crippen molar-refractivity contribution in [3.63, 3.8) is 0 Å². The van der Waals surface area contributed by atoms with Crippen molar-refractivity contribution in [2.24, 2.45) is 7.05 Å². The van der Waals surface area contributed by atoms with Gasteiger partial charge < -0.3 is 5.32 Å². The Bertz CT molecular complexity index is 756. The maximum Gasteiger partial charge on any atom is 0.263 e. The van der Waals surface area contributed by atoms with Crippen LogP contribution in [-0.4, -0.2) is 39.2 Å². The molecule has 1 saturated heterocycles. The molecule has 7 nitrogen and oxygen atoms in total. The molecule has 1 fully saturated rings. The summed E-state index contributed by atoms with van der Waals surface area (Å²) >= 11 is 6.94. The number of rotatable bonds is 3. The van der Waals surface area contributed by atoms with E-state index in [1.807, 2.05) is 0 Å². The molecule has 0 aromatic carbocycles. The number of halogens is 1. The van der Waals surface area contributed by atoms with Gasteiger partial charge in [0.1, 0.15) is 10.9 Å². The largest absolute Gasteiger partial charge is 0.339 e. The Morgan fingerprint density at radius 3 is 2.91 bits per heavy atom. The highest BCUT2D eigenvalue weighted by Gasteiger charge is 2.32. The van der Waals surface area contributed by atoms with E-state index >= 15 is 0 Å². The number of carbonyl (C=O) groups excluding carboxylic acids is 2. The van der Waals surface area contributed by atoms with Crippen molar-refractivity contribution in [1.29, 1.82) is 0 Å². The molecule has 3 heterocycles. The van der Waals surface area contributed by atoms with Crippen LogP contribution in [0.1, 0.15) is 28.2 Å². The lowest BCUT2D eigenvalue weighted by Crippen LogP contribution is -2.52. The van der Waals surface area contributed by atoms with E-state index in [-0.39, 0.29) is 11.8 Å². The van der Waals surface area contributed by atoms with Gasteiger partial charge in [-0.2, -0.15) is 5.10 Å². The Kier molecular flexibility index (Phi) is 4.36. The second kappa shape index (κ2) is 6.29. The van der Waals surface area contributed by atoms with E-state index < -0.39 is 6.04 Å². The third kappa shape index (κ3) is 3.23. The lowest BCUT2D eigenvalue weighted by atomic mass is 10.0. The van der Waals surface area contributed by atoms with Gasteiger partial charge in [0.25, 0.3) is 11.8 Å². The van der Waals surface area contributed by atoms with Gasteiger partial charge in [0.2, 0.25) is 0 Å². The first kappa shape index (κ1) is 15.9. The van der Waals surface area contributed by atoms with Crippen LogP contribution in [0.4, 0.5) is 5.82 Å². The average Bonchev–Trinajstić information content (AvgIpc) is 3.06. The van der Waals surface area contributed by atoms with Crippen LogP contribution in [0.5, 0.6) is 0 Å². The number of carbonyl (C=O) groups is 2. The highest BCUT2D eigenvalue weighted by atomic mass is 35.5. The van der Waals surface area contributed by atoms with Crippen molar-refractivity contribution in [3.8, 4) is 0 Å². The fourth-order valence-corrected chi connectivity index (χ4v) is 3.64. The third-order valence-electron chi connectivity index (χ3n) is 3.70. The zero-order valence-corrected chi connectivity index (χ0v) is 14.3. The molecule has 0 saturated carbocycles. The van der Waals surface area contributed by atoms with Gasteiger partial charge in [-0.1, -0.05) is 22.9 Å². The van der Waals surface area contributed by atoms with Gasteiger partial charge in [-0.05, 0) is 19.8 Å². The van der Waals surface area contributed by atoms with E-state index in [4.69, 9.17) is 11.6 Å². The van der Waals surface area contributed by atoms with E-state index in [1.54, 1.807) is 35.8 Å². The lowest BCUT2D eigenvalue weighted by Gasteiger charge is -2.31. The summed E-state index contributed by atoms with van der Waals surface area (Å²) in [7, 11) is 1.80. The Balaban J connectivity index is 1.74. The molecule has 1 aliphatic rings. The van der Waals surface area contributed by atoms with Gasteiger partial charge in [-0.15, -0.1) is 0 Å². The summed E-state index contributed by atoms with van der Waals surface area (Å²) < 4.78 is 1.96. The molecule has 1 aliphatic heterocycles. The van der Waals surface area contributed by atoms with Crippen molar-refractivity contribution in [3.05, 3.63) is 27.3 Å². The summed E-state index contributed by atoms with van der Waals surface area (Å²) in [5.74, 6) is 0.151. The first-order valence-electron chi connectivity index (χ1n) is 7.20. The summed E-state index contributed by atoms with van der Waals surface area (Å²) in [5, 5.41) is 7.05. The van der Waals surface area contributed by atoms with Crippen LogP contribution in [0, 0.1) is 6.92 Å². The van der Waals surface area contributed by atoms with Crippen LogP contribution in [0.15, 0.2) is 12.3 Å². The number of hydrogen-bond donors (Lipinski definition) is 1. The van der Waals surface area contributed by atoms with E-state index in [1.165, 1.54) is 0 Å². The first-order chi connectivity index (χ1) is 11.0. The molecule has 3 rings (SSSR count). The molecule has 23 heavy (non-hydrogen) atoms. The van der Waals surface area contributed by atoms with Crippen molar-refractivity contribution in [1.82, 2.24) is 20.1 Å². The number of anilines is 1. The van der Waals surface area contributed by atoms with E-state index in [0.29, 0.717) is 33.8 Å². The summed E-state index contributed by atoms with van der Waals surface area (Å²) in [6, 6.07) is 1.23. The number of thiazole rings is 1. The maximum absolute atomic E-state index is 12.6. The van der Waals surface area contributed by atoms with E-state index in [0.717, 1.165) is 17.8 Å². The van der Waals surface area contributed by atoms with E-state index in [9.17, 15) is 9.59 Å². The monoisotopic (exact) mass is 353 g/mol. The Hall–Kier alpha value is -1.93. The number of amides is 2. The first-order valence-corrected chi connectivity index (χ1v) is 8.40. The molecular weight excluding hydrogens is 338 g/mol. The molecule has 2 amide bonds. The summed E-state index contributed by atoms with van der Waals surface area (Å²) in [6.45, 7) is 2.33. The second-order valence-corrected chi connectivity index (χ2v) is 6.97. The van der Waals surface area contributed by atoms with Gasteiger partial charge in [0.15, 0.2) is 10.3 Å². The number of aryl methyl sites for hydroxylation is 2. The predicted octanol–water partition coefficient (Wildman–Crippen LogP) is 1.76. The number of piperidine rings is 1. The van der Waals surface area contributed by atoms with Gasteiger partial charge in [0, 0.05) is 25.9 Å². The van der Waals surface area contributed by atoms with Crippen LogP contribution < -0.4 is 10.2 Å². The minimum atomic E-state index is -0.557. The molecule has 9 heteroatoms. The van der Waals surface area contributed by atoms with Crippen LogP contribution >= 0.6 is 22.9 Å². The summed E-state index contributed by atoms with van der Waals surface area (Å²) in [5.41, 5.74) is 0.572. The molecule has 1 N–H and O–H groups in total. The number of nitrogens with zero attached hydrogens (tertiary/aromatic N) is 4. The van der Waals surface area contributed by atoms with Crippen molar-refractivity contribution in [2.75, 3.05) is 11.4 Å². The SMILES string of the molecule is Cc1nc(Cl)sc1C(=O)N[C@@H]1CCCN(c2ccn(C)n2)C1=O. The highest BCUT2D eigenvalue weighted by Crippen LogP contribution is 2.23. The topological polar surface area (TPSA) is 80.1 Å². The van der Waals surface area contributed by atoms with Crippen molar-refractivity contribution in [2.45, 2.75) is 25.8 Å². The molecule has 1 atom stereocenters. The molecule has 0 unspecified atom stereocenters. The number of hydrogen-bond acceptors (Lipinski definition) is 5. The normalized spacial score (nSPS) is 18.3. The number of nitrogens with one attached hydrogen (secondary N) is 1. The number of aromatic nitrogens is 3. The maximum atomic E-state index is 12.6. The minimum Gasteiger partial charge on any atom is -0.339 e. The van der Waals surface area contributed by atoms with Crippen molar-refractivity contribution < 1.29 is 9.59 Å². The minimum absolute atomic E-state index is 0.142. The molecule has 0 spiro atoms. The molecule has 0 radical (unpaired) electrons. The standard InChI is InChI=1S/C14H16ClN5O2S/c1-8-11(23-14(15)16-8)12(21)17-9-4-3-6-20(13(9)22)10-5-7-19(2)18-10/h5,7,9H,3-4,6H2,1-2H3,(H,17,21)/t9-/m1/s1. The summed E-state index contributed by atoms with van der Waals surface area (Å²) in [4.78, 5) is 31.0. The second-order valence-electron chi connectivity index (χ2n) is 5.39. The molecule has 2 aromatic heterocycles. The molecule has 2 aromatic rings. The Labute approximate surface area is 142 Å².